The zero-order valence-electron chi connectivity index (χ0n) is 13.0. The van der Waals surface area contributed by atoms with Gasteiger partial charge in [-0.15, -0.1) is 0 Å². The second-order valence-electron chi connectivity index (χ2n) is 5.15. The minimum absolute atomic E-state index is 0.159. The highest BCUT2D eigenvalue weighted by Crippen LogP contribution is 2.06. The predicted octanol–water partition coefficient (Wildman–Crippen LogP) is -1.18. The van der Waals surface area contributed by atoms with E-state index in [1.807, 2.05) is 6.92 Å². The summed E-state index contributed by atoms with van der Waals surface area (Å²) in [7, 11) is 0. The number of carbonyl (C=O) groups excluding carboxylic acids is 2. The molecule has 4 atom stereocenters. The number of carbonyl (C=O) groups is 4. The summed E-state index contributed by atoms with van der Waals surface area (Å²) in [5.74, 6) is -4.56. The molecule has 0 bridgehead atoms. The van der Waals surface area contributed by atoms with Crippen molar-refractivity contribution in [1.29, 1.82) is 0 Å². The van der Waals surface area contributed by atoms with Gasteiger partial charge in [-0.05, 0) is 5.92 Å². The van der Waals surface area contributed by atoms with E-state index in [2.05, 4.69) is 23.3 Å². The van der Waals surface area contributed by atoms with Crippen molar-refractivity contribution in [2.45, 2.75) is 44.8 Å². The number of thiol groups is 1. The van der Waals surface area contributed by atoms with Crippen LogP contribution in [0.15, 0.2) is 0 Å². The van der Waals surface area contributed by atoms with E-state index in [0.29, 0.717) is 6.42 Å². The summed E-state index contributed by atoms with van der Waals surface area (Å²) in [5.41, 5.74) is 5.73. The SMILES string of the molecule is CC[C@H](C)[C@H](N)C(=O)N[C@@H](CC(=O)O)C(=O)N[C@@H](CS)C(=O)O. The molecule has 0 aliphatic rings. The molecule has 0 aromatic heterocycles. The maximum atomic E-state index is 12.0. The zero-order chi connectivity index (χ0) is 18.2. The smallest absolute Gasteiger partial charge is 0.327 e. The van der Waals surface area contributed by atoms with Crippen molar-refractivity contribution in [2.75, 3.05) is 5.75 Å². The van der Waals surface area contributed by atoms with Crippen LogP contribution in [0.1, 0.15) is 26.7 Å². The van der Waals surface area contributed by atoms with Crippen LogP contribution in [0, 0.1) is 5.92 Å². The summed E-state index contributed by atoms with van der Waals surface area (Å²) in [6.45, 7) is 3.58. The van der Waals surface area contributed by atoms with E-state index >= 15 is 0 Å². The molecule has 0 aromatic carbocycles. The Hall–Kier alpha value is -1.81. The first-order valence-electron chi connectivity index (χ1n) is 7.05. The van der Waals surface area contributed by atoms with Gasteiger partial charge < -0.3 is 26.6 Å². The Bertz CT molecular complexity index is 459. The maximum absolute atomic E-state index is 12.0. The average molecular weight is 349 g/mol. The molecule has 9 nitrogen and oxygen atoms in total. The second kappa shape index (κ2) is 10.1. The van der Waals surface area contributed by atoms with Crippen molar-refractivity contribution in [3.8, 4) is 0 Å². The topological polar surface area (TPSA) is 159 Å². The van der Waals surface area contributed by atoms with Gasteiger partial charge in [0.2, 0.25) is 11.8 Å². The molecule has 0 aliphatic heterocycles. The van der Waals surface area contributed by atoms with Crippen LogP contribution in [-0.4, -0.2) is 57.8 Å². The molecule has 0 aromatic rings. The third-order valence-corrected chi connectivity index (χ3v) is 3.73. The fourth-order valence-electron chi connectivity index (χ4n) is 1.62. The Morgan fingerprint density at radius 3 is 2.00 bits per heavy atom. The van der Waals surface area contributed by atoms with Gasteiger partial charge in [-0.3, -0.25) is 14.4 Å². The summed E-state index contributed by atoms with van der Waals surface area (Å²) in [5, 5.41) is 22.1. The molecule has 0 heterocycles. The molecule has 23 heavy (non-hydrogen) atoms. The molecule has 10 heteroatoms. The number of nitrogens with one attached hydrogen (secondary N) is 2. The van der Waals surface area contributed by atoms with Crippen molar-refractivity contribution in [1.82, 2.24) is 10.6 Å². The molecular formula is C13H23N3O6S. The summed E-state index contributed by atoms with van der Waals surface area (Å²) in [6, 6.07) is -3.61. The van der Waals surface area contributed by atoms with E-state index in [1.54, 1.807) is 6.92 Å². The van der Waals surface area contributed by atoms with Crippen molar-refractivity contribution in [2.24, 2.45) is 11.7 Å². The van der Waals surface area contributed by atoms with E-state index in [0.717, 1.165) is 0 Å². The normalized spacial score (nSPS) is 15.8. The lowest BCUT2D eigenvalue weighted by Gasteiger charge is -2.23. The molecule has 0 spiro atoms. The number of rotatable bonds is 10. The molecule has 0 aliphatic carbocycles. The molecule has 6 N–H and O–H groups in total. The van der Waals surface area contributed by atoms with E-state index in [1.165, 1.54) is 0 Å². The van der Waals surface area contributed by atoms with Crippen LogP contribution >= 0.6 is 12.6 Å². The first-order valence-corrected chi connectivity index (χ1v) is 7.69. The zero-order valence-corrected chi connectivity index (χ0v) is 13.9. The highest BCUT2D eigenvalue weighted by Gasteiger charge is 2.30. The van der Waals surface area contributed by atoms with Crippen LogP contribution in [0.2, 0.25) is 0 Å². The third kappa shape index (κ3) is 7.33. The number of nitrogens with two attached hydrogens (primary N) is 1. The van der Waals surface area contributed by atoms with E-state index in [4.69, 9.17) is 15.9 Å². The van der Waals surface area contributed by atoms with Gasteiger partial charge >= 0.3 is 11.9 Å². The first-order chi connectivity index (χ1) is 10.6. The van der Waals surface area contributed by atoms with Crippen LogP contribution in [0.25, 0.3) is 0 Å². The lowest BCUT2D eigenvalue weighted by molar-refractivity contribution is -0.143. The third-order valence-electron chi connectivity index (χ3n) is 3.37. The van der Waals surface area contributed by atoms with Crippen LogP contribution in [0.3, 0.4) is 0 Å². The Morgan fingerprint density at radius 2 is 1.61 bits per heavy atom. The average Bonchev–Trinajstić information content (AvgIpc) is 2.48. The summed E-state index contributed by atoms with van der Waals surface area (Å²) >= 11 is 3.79. The minimum atomic E-state index is -1.42. The highest BCUT2D eigenvalue weighted by atomic mass is 32.1. The maximum Gasteiger partial charge on any atom is 0.327 e. The first kappa shape index (κ1) is 21.2. The lowest BCUT2D eigenvalue weighted by atomic mass is 9.99. The van der Waals surface area contributed by atoms with Crippen LogP contribution in [0.4, 0.5) is 0 Å². The van der Waals surface area contributed by atoms with Crippen molar-refractivity contribution >= 4 is 36.4 Å². The van der Waals surface area contributed by atoms with Crippen molar-refractivity contribution in [3.05, 3.63) is 0 Å². The molecule has 0 saturated carbocycles. The Kier molecular flexibility index (Phi) is 9.27. The molecule has 0 rings (SSSR count). The van der Waals surface area contributed by atoms with Gasteiger partial charge in [0.15, 0.2) is 0 Å². The van der Waals surface area contributed by atoms with Gasteiger partial charge in [0.05, 0.1) is 12.5 Å². The number of hydrogen-bond acceptors (Lipinski definition) is 6. The van der Waals surface area contributed by atoms with Crippen molar-refractivity contribution in [3.63, 3.8) is 0 Å². The van der Waals surface area contributed by atoms with Gasteiger partial charge in [-0.25, -0.2) is 4.79 Å². The fourth-order valence-corrected chi connectivity index (χ4v) is 1.87. The minimum Gasteiger partial charge on any atom is -0.481 e. The highest BCUT2D eigenvalue weighted by molar-refractivity contribution is 7.80. The standard InChI is InChI=1S/C13H23N3O6S/c1-3-6(2)10(14)12(20)15-7(4-9(17)18)11(19)16-8(5-23)13(21)22/h6-8,10,23H,3-5,14H2,1-2H3,(H,15,20)(H,16,19)(H,17,18)(H,21,22)/t6-,7-,8-,10-/m0/s1. The summed E-state index contributed by atoms with van der Waals surface area (Å²) in [4.78, 5) is 45.7. The Labute approximate surface area is 139 Å². The molecule has 2 amide bonds. The number of aliphatic carboxylic acids is 2. The fraction of sp³-hybridized carbons (Fsp3) is 0.692. The number of carboxylic acids is 2. The molecule has 0 radical (unpaired) electrons. The molecule has 132 valence electrons. The quantitative estimate of drug-likeness (QED) is 0.271. The van der Waals surface area contributed by atoms with E-state index < -0.39 is 48.3 Å². The number of hydrogen-bond donors (Lipinski definition) is 6. The summed E-state index contributed by atoms with van der Waals surface area (Å²) in [6.07, 6.45) is -0.0607. The molecule has 0 unspecified atom stereocenters. The van der Waals surface area contributed by atoms with E-state index in [9.17, 15) is 19.2 Å². The van der Waals surface area contributed by atoms with Gasteiger partial charge in [-0.2, -0.15) is 12.6 Å². The predicted molar refractivity (Wildman–Crippen MR) is 85.0 cm³/mol. The second-order valence-corrected chi connectivity index (χ2v) is 5.52. The van der Waals surface area contributed by atoms with Gasteiger partial charge in [-0.1, -0.05) is 20.3 Å². The number of amides is 2. The number of carboxylic acid groups (broad SMARTS) is 2. The lowest BCUT2D eigenvalue weighted by Crippen LogP contribution is -2.56. The van der Waals surface area contributed by atoms with Gasteiger partial charge in [0, 0.05) is 5.75 Å². The van der Waals surface area contributed by atoms with Gasteiger partial charge in [0.25, 0.3) is 0 Å². The summed E-state index contributed by atoms with van der Waals surface area (Å²) < 4.78 is 0. The van der Waals surface area contributed by atoms with Gasteiger partial charge in [0.1, 0.15) is 12.1 Å². The Morgan fingerprint density at radius 1 is 1.09 bits per heavy atom. The Balaban J connectivity index is 5.00. The molecule has 0 saturated heterocycles. The molecular weight excluding hydrogens is 326 g/mol. The van der Waals surface area contributed by atoms with Crippen LogP contribution in [-0.2, 0) is 19.2 Å². The van der Waals surface area contributed by atoms with Crippen LogP contribution < -0.4 is 16.4 Å². The largest absolute Gasteiger partial charge is 0.481 e. The monoisotopic (exact) mass is 349 g/mol. The van der Waals surface area contributed by atoms with E-state index in [-0.39, 0.29) is 11.7 Å². The van der Waals surface area contributed by atoms with Crippen LogP contribution in [0.5, 0.6) is 0 Å². The van der Waals surface area contributed by atoms with Crippen molar-refractivity contribution < 1.29 is 29.4 Å². The molecule has 0 fully saturated rings.